The second-order valence-electron chi connectivity index (χ2n) is 7.85. The lowest BCUT2D eigenvalue weighted by molar-refractivity contribution is -0.138. The van der Waals surface area contributed by atoms with Gasteiger partial charge in [0.15, 0.2) is 0 Å². The van der Waals surface area contributed by atoms with Crippen molar-refractivity contribution in [1.29, 1.82) is 0 Å². The Kier molecular flexibility index (Phi) is 5.21. The van der Waals surface area contributed by atoms with Crippen LogP contribution in [0.1, 0.15) is 67.3 Å². The highest BCUT2D eigenvalue weighted by Gasteiger charge is 2.31. The number of hydrogen-bond donors (Lipinski definition) is 0. The quantitative estimate of drug-likeness (QED) is 0.845. The first-order chi connectivity index (χ1) is 11.9. The maximum Gasteiger partial charge on any atom is 0.255 e. The molecule has 0 atom stereocenters. The van der Waals surface area contributed by atoms with E-state index in [0.29, 0.717) is 25.0 Å². The molecule has 1 aromatic rings. The summed E-state index contributed by atoms with van der Waals surface area (Å²) in [6.45, 7) is 11.2. The molecule has 2 amide bonds. The summed E-state index contributed by atoms with van der Waals surface area (Å²) in [4.78, 5) is 29.4. The van der Waals surface area contributed by atoms with Crippen molar-refractivity contribution in [2.75, 3.05) is 26.2 Å². The Balaban J connectivity index is 1.69. The van der Waals surface area contributed by atoms with E-state index in [1.54, 1.807) is 0 Å². The predicted molar refractivity (Wildman–Crippen MR) is 98.7 cm³/mol. The zero-order chi connectivity index (χ0) is 18.1. The van der Waals surface area contributed by atoms with Gasteiger partial charge in [-0.2, -0.15) is 0 Å². The maximum atomic E-state index is 13.0. The van der Waals surface area contributed by atoms with Gasteiger partial charge in [0.2, 0.25) is 5.91 Å². The molecule has 0 spiro atoms. The van der Waals surface area contributed by atoms with Crippen molar-refractivity contribution in [3.63, 3.8) is 0 Å². The smallest absolute Gasteiger partial charge is 0.255 e. The molecule has 0 unspecified atom stereocenters. The average Bonchev–Trinajstić information content (AvgIpc) is 2.69. The van der Waals surface area contributed by atoms with Gasteiger partial charge < -0.3 is 14.4 Å². The summed E-state index contributed by atoms with van der Waals surface area (Å²) >= 11 is 0. The molecule has 25 heavy (non-hydrogen) atoms. The Hall–Kier alpha value is -1.78. The van der Waals surface area contributed by atoms with Gasteiger partial charge in [-0.05, 0) is 53.0 Å². The van der Waals surface area contributed by atoms with Crippen LogP contribution in [-0.4, -0.2) is 52.4 Å². The van der Waals surface area contributed by atoms with Gasteiger partial charge in [0.25, 0.3) is 5.91 Å². The SMILES string of the molecule is Cc1cc(C(=O)N2CCCN(C(=O)C3CCC3)CC2)c(C)n1C(C)C. The predicted octanol–water partition coefficient (Wildman–Crippen LogP) is 3.16. The minimum Gasteiger partial charge on any atom is -0.346 e. The van der Waals surface area contributed by atoms with Crippen molar-refractivity contribution in [2.45, 2.75) is 59.4 Å². The molecule has 1 saturated carbocycles. The monoisotopic (exact) mass is 345 g/mol. The number of aromatic nitrogens is 1. The van der Waals surface area contributed by atoms with Gasteiger partial charge in [0, 0.05) is 49.5 Å². The van der Waals surface area contributed by atoms with Crippen molar-refractivity contribution < 1.29 is 9.59 Å². The molecule has 3 rings (SSSR count). The molecule has 1 aliphatic carbocycles. The number of hydrogen-bond acceptors (Lipinski definition) is 2. The van der Waals surface area contributed by atoms with Gasteiger partial charge in [-0.25, -0.2) is 0 Å². The molecule has 0 N–H and O–H groups in total. The normalized spacial score (nSPS) is 19.1. The molecule has 2 fully saturated rings. The van der Waals surface area contributed by atoms with Gasteiger partial charge in [-0.1, -0.05) is 6.42 Å². The van der Waals surface area contributed by atoms with Crippen LogP contribution in [0.3, 0.4) is 0 Å². The Morgan fingerprint density at radius 1 is 1.00 bits per heavy atom. The fourth-order valence-corrected chi connectivity index (χ4v) is 4.21. The zero-order valence-corrected chi connectivity index (χ0v) is 16.0. The molecule has 0 radical (unpaired) electrons. The van der Waals surface area contributed by atoms with Crippen LogP contribution < -0.4 is 0 Å². The van der Waals surface area contributed by atoms with E-state index in [9.17, 15) is 9.59 Å². The van der Waals surface area contributed by atoms with Crippen molar-refractivity contribution in [2.24, 2.45) is 5.92 Å². The van der Waals surface area contributed by atoms with Crippen LogP contribution in [0.4, 0.5) is 0 Å². The van der Waals surface area contributed by atoms with Crippen molar-refractivity contribution in [3.05, 3.63) is 23.0 Å². The molecule has 5 heteroatoms. The van der Waals surface area contributed by atoms with E-state index < -0.39 is 0 Å². The zero-order valence-electron chi connectivity index (χ0n) is 16.0. The lowest BCUT2D eigenvalue weighted by Gasteiger charge is -2.31. The Morgan fingerprint density at radius 3 is 2.20 bits per heavy atom. The van der Waals surface area contributed by atoms with E-state index in [1.807, 2.05) is 22.8 Å². The average molecular weight is 345 g/mol. The standard InChI is InChI=1S/C20H31N3O2/c1-14(2)23-15(3)13-18(16(23)4)20(25)22-10-6-9-21(11-12-22)19(24)17-7-5-8-17/h13-14,17H,5-12H2,1-4H3. The van der Waals surface area contributed by atoms with Gasteiger partial charge >= 0.3 is 0 Å². The Bertz CT molecular complexity index is 658. The van der Waals surface area contributed by atoms with Crippen LogP contribution >= 0.6 is 0 Å². The lowest BCUT2D eigenvalue weighted by Crippen LogP contribution is -2.41. The maximum absolute atomic E-state index is 13.0. The molecule has 2 aliphatic rings. The number of carbonyl (C=O) groups is 2. The number of aryl methyl sites for hydroxylation is 1. The summed E-state index contributed by atoms with van der Waals surface area (Å²) in [7, 11) is 0. The number of nitrogens with zero attached hydrogens (tertiary/aromatic N) is 3. The highest BCUT2D eigenvalue weighted by molar-refractivity contribution is 5.95. The highest BCUT2D eigenvalue weighted by atomic mass is 16.2. The third-order valence-electron chi connectivity index (χ3n) is 5.78. The fourth-order valence-electron chi connectivity index (χ4n) is 4.21. The topological polar surface area (TPSA) is 45.6 Å². The van der Waals surface area contributed by atoms with Crippen molar-refractivity contribution >= 4 is 11.8 Å². The third-order valence-corrected chi connectivity index (χ3v) is 5.78. The second kappa shape index (κ2) is 7.22. The van der Waals surface area contributed by atoms with Gasteiger partial charge in [-0.3, -0.25) is 9.59 Å². The van der Waals surface area contributed by atoms with Crippen LogP contribution in [0.2, 0.25) is 0 Å². The minimum atomic E-state index is 0.109. The van der Waals surface area contributed by atoms with Crippen molar-refractivity contribution in [3.8, 4) is 0 Å². The molecule has 0 aromatic carbocycles. The largest absolute Gasteiger partial charge is 0.346 e. The summed E-state index contributed by atoms with van der Waals surface area (Å²) < 4.78 is 2.22. The Labute approximate surface area is 151 Å². The molecule has 0 bridgehead atoms. The van der Waals surface area contributed by atoms with Crippen LogP contribution in [0.5, 0.6) is 0 Å². The lowest BCUT2D eigenvalue weighted by atomic mass is 9.84. The highest BCUT2D eigenvalue weighted by Crippen LogP contribution is 2.29. The molecule has 138 valence electrons. The summed E-state index contributed by atoms with van der Waals surface area (Å²) in [5.41, 5.74) is 2.99. The molecule has 2 heterocycles. The molecule has 5 nitrogen and oxygen atoms in total. The summed E-state index contributed by atoms with van der Waals surface area (Å²) in [5, 5.41) is 0. The molecule has 1 aromatic heterocycles. The number of carbonyl (C=O) groups excluding carboxylic acids is 2. The molecular weight excluding hydrogens is 314 g/mol. The second-order valence-corrected chi connectivity index (χ2v) is 7.85. The number of amides is 2. The molecular formula is C20H31N3O2. The van der Waals surface area contributed by atoms with E-state index in [0.717, 1.165) is 49.3 Å². The first-order valence-corrected chi connectivity index (χ1v) is 9.66. The Morgan fingerprint density at radius 2 is 1.64 bits per heavy atom. The van der Waals surface area contributed by atoms with E-state index in [1.165, 1.54) is 6.42 Å². The van der Waals surface area contributed by atoms with Gasteiger partial charge in [0.05, 0.1) is 5.56 Å². The third kappa shape index (κ3) is 3.46. The summed E-state index contributed by atoms with van der Waals surface area (Å²) in [5.74, 6) is 0.656. The van der Waals surface area contributed by atoms with E-state index in [4.69, 9.17) is 0 Å². The first kappa shape index (κ1) is 18.0. The molecule has 1 aliphatic heterocycles. The van der Waals surface area contributed by atoms with E-state index in [2.05, 4.69) is 25.3 Å². The molecule has 1 saturated heterocycles. The van der Waals surface area contributed by atoms with E-state index >= 15 is 0 Å². The van der Waals surface area contributed by atoms with Gasteiger partial charge in [-0.15, -0.1) is 0 Å². The van der Waals surface area contributed by atoms with Crippen LogP contribution in [0.15, 0.2) is 6.07 Å². The van der Waals surface area contributed by atoms with Crippen LogP contribution in [0, 0.1) is 19.8 Å². The fraction of sp³-hybridized carbons (Fsp3) is 0.700. The van der Waals surface area contributed by atoms with Crippen LogP contribution in [0.25, 0.3) is 0 Å². The minimum absolute atomic E-state index is 0.109. The first-order valence-electron chi connectivity index (χ1n) is 9.66. The van der Waals surface area contributed by atoms with E-state index in [-0.39, 0.29) is 11.8 Å². The van der Waals surface area contributed by atoms with Gasteiger partial charge in [0.1, 0.15) is 0 Å². The van der Waals surface area contributed by atoms with Crippen LogP contribution in [-0.2, 0) is 4.79 Å². The summed E-state index contributed by atoms with van der Waals surface area (Å²) in [6, 6.07) is 2.36. The summed E-state index contributed by atoms with van der Waals surface area (Å²) in [6.07, 6.45) is 4.13. The number of rotatable bonds is 3. The van der Waals surface area contributed by atoms with Crippen molar-refractivity contribution in [1.82, 2.24) is 14.4 Å².